The Balaban J connectivity index is 1.85. The predicted octanol–water partition coefficient (Wildman–Crippen LogP) is 1.83. The number of carbonyl (C=O) groups is 1. The second kappa shape index (κ2) is 6.49. The van der Waals surface area contributed by atoms with E-state index in [2.05, 4.69) is 9.71 Å². The highest BCUT2D eigenvalue weighted by Gasteiger charge is 2.26. The second-order valence-corrected chi connectivity index (χ2v) is 7.86. The second-order valence-electron chi connectivity index (χ2n) is 6.18. The summed E-state index contributed by atoms with van der Waals surface area (Å²) in [7, 11) is -3.63. The molecule has 0 saturated carbocycles. The largest absolute Gasteiger partial charge is 0.343 e. The van der Waals surface area contributed by atoms with Gasteiger partial charge in [-0.3, -0.25) is 9.78 Å². The van der Waals surface area contributed by atoms with Crippen molar-refractivity contribution in [3.63, 3.8) is 0 Å². The third kappa shape index (κ3) is 3.27. The average molecular weight is 347 g/mol. The molecule has 24 heavy (non-hydrogen) atoms. The molecule has 1 aromatic carbocycles. The van der Waals surface area contributed by atoms with Crippen molar-refractivity contribution in [3.05, 3.63) is 36.0 Å². The summed E-state index contributed by atoms with van der Waals surface area (Å²) in [6.45, 7) is 4.62. The maximum Gasteiger partial charge on any atom is 0.241 e. The highest BCUT2D eigenvalue weighted by molar-refractivity contribution is 7.89. The summed E-state index contributed by atoms with van der Waals surface area (Å²) >= 11 is 0. The molecule has 6 nitrogen and oxygen atoms in total. The van der Waals surface area contributed by atoms with E-state index in [9.17, 15) is 13.2 Å². The zero-order chi connectivity index (χ0) is 17.3. The van der Waals surface area contributed by atoms with Crippen LogP contribution in [-0.4, -0.2) is 43.3 Å². The lowest BCUT2D eigenvalue weighted by Gasteiger charge is -2.31. The van der Waals surface area contributed by atoms with Gasteiger partial charge in [0.05, 0.1) is 10.4 Å². The fraction of sp³-hybridized carbons (Fsp3) is 0.412. The summed E-state index contributed by atoms with van der Waals surface area (Å²) < 4.78 is 28.4. The minimum atomic E-state index is -3.63. The zero-order valence-electron chi connectivity index (χ0n) is 13.8. The number of aryl methyl sites for hydroxylation is 1. The minimum absolute atomic E-state index is 0.0342. The van der Waals surface area contributed by atoms with Crippen LogP contribution in [0.4, 0.5) is 0 Å². The molecule has 0 unspecified atom stereocenters. The summed E-state index contributed by atoms with van der Waals surface area (Å²) in [5, 5.41) is 0.631. The van der Waals surface area contributed by atoms with Gasteiger partial charge in [0.15, 0.2) is 0 Å². The van der Waals surface area contributed by atoms with Crippen molar-refractivity contribution in [1.29, 1.82) is 0 Å². The Morgan fingerprint density at radius 2 is 1.96 bits per heavy atom. The van der Waals surface area contributed by atoms with E-state index in [1.54, 1.807) is 35.4 Å². The van der Waals surface area contributed by atoms with Gasteiger partial charge in [-0.15, -0.1) is 0 Å². The fourth-order valence-corrected chi connectivity index (χ4v) is 4.62. The molecule has 0 radical (unpaired) electrons. The summed E-state index contributed by atoms with van der Waals surface area (Å²) in [5.41, 5.74) is 1.64. The van der Waals surface area contributed by atoms with Crippen molar-refractivity contribution in [2.24, 2.45) is 0 Å². The first-order valence-electron chi connectivity index (χ1n) is 8.00. The molecule has 0 aliphatic carbocycles. The van der Waals surface area contributed by atoms with Gasteiger partial charge >= 0.3 is 0 Å². The van der Waals surface area contributed by atoms with Crippen LogP contribution in [0.1, 0.15) is 25.3 Å². The monoisotopic (exact) mass is 347 g/mol. The van der Waals surface area contributed by atoms with E-state index in [0.717, 1.165) is 5.56 Å². The van der Waals surface area contributed by atoms with Gasteiger partial charge in [0, 0.05) is 37.6 Å². The van der Waals surface area contributed by atoms with E-state index in [1.165, 1.54) is 6.92 Å². The lowest BCUT2D eigenvalue weighted by molar-refractivity contribution is -0.129. The molecule has 1 aliphatic heterocycles. The molecule has 1 amide bonds. The third-order valence-corrected chi connectivity index (χ3v) is 6.06. The van der Waals surface area contributed by atoms with Gasteiger partial charge < -0.3 is 4.90 Å². The van der Waals surface area contributed by atoms with Crippen LogP contribution in [-0.2, 0) is 14.8 Å². The molecular formula is C17H21N3O3S. The van der Waals surface area contributed by atoms with Crippen LogP contribution in [0.15, 0.2) is 35.4 Å². The Kier molecular flexibility index (Phi) is 4.56. The van der Waals surface area contributed by atoms with E-state index in [-0.39, 0.29) is 16.8 Å². The predicted molar refractivity (Wildman–Crippen MR) is 92.1 cm³/mol. The molecule has 0 bridgehead atoms. The maximum atomic E-state index is 12.8. The number of nitrogens with zero attached hydrogens (tertiary/aromatic N) is 2. The number of likely N-dealkylation sites (tertiary alicyclic amines) is 1. The molecule has 2 aromatic rings. The third-order valence-electron chi connectivity index (χ3n) is 4.48. The van der Waals surface area contributed by atoms with Gasteiger partial charge in [-0.25, -0.2) is 13.1 Å². The van der Waals surface area contributed by atoms with E-state index in [1.807, 2.05) is 6.92 Å². The Morgan fingerprint density at radius 3 is 2.62 bits per heavy atom. The van der Waals surface area contributed by atoms with E-state index >= 15 is 0 Å². The first-order chi connectivity index (χ1) is 11.4. The molecule has 128 valence electrons. The van der Waals surface area contributed by atoms with Crippen molar-refractivity contribution in [3.8, 4) is 0 Å². The first kappa shape index (κ1) is 16.9. The Labute approximate surface area is 141 Å². The number of hydrogen-bond donors (Lipinski definition) is 1. The van der Waals surface area contributed by atoms with Crippen LogP contribution in [0.5, 0.6) is 0 Å². The van der Waals surface area contributed by atoms with Crippen LogP contribution in [0.3, 0.4) is 0 Å². The summed E-state index contributed by atoms with van der Waals surface area (Å²) in [6, 6.07) is 6.78. The molecule has 1 N–H and O–H groups in total. The smallest absolute Gasteiger partial charge is 0.241 e. The van der Waals surface area contributed by atoms with Gasteiger partial charge in [0.25, 0.3) is 0 Å². The molecule has 0 spiro atoms. The lowest BCUT2D eigenvalue weighted by Crippen LogP contribution is -2.45. The molecular weight excluding hydrogens is 326 g/mol. The molecule has 1 fully saturated rings. The zero-order valence-corrected chi connectivity index (χ0v) is 14.6. The van der Waals surface area contributed by atoms with E-state index in [0.29, 0.717) is 36.8 Å². The normalized spacial score (nSPS) is 16.5. The average Bonchev–Trinajstić information content (AvgIpc) is 2.55. The Hall–Kier alpha value is -1.99. The minimum Gasteiger partial charge on any atom is -0.343 e. The van der Waals surface area contributed by atoms with Gasteiger partial charge in [0.1, 0.15) is 0 Å². The number of carbonyl (C=O) groups excluding carboxylic acids is 1. The van der Waals surface area contributed by atoms with Crippen LogP contribution in [0, 0.1) is 6.92 Å². The fourth-order valence-electron chi connectivity index (χ4n) is 3.12. The number of fused-ring (bicyclic) bond motifs is 1. The maximum absolute atomic E-state index is 12.8. The van der Waals surface area contributed by atoms with Crippen molar-refractivity contribution in [2.75, 3.05) is 13.1 Å². The molecule has 2 heterocycles. The number of sulfonamides is 1. The topological polar surface area (TPSA) is 79.4 Å². The molecule has 3 rings (SSSR count). The summed E-state index contributed by atoms with van der Waals surface area (Å²) in [5.74, 6) is 0.0342. The number of benzene rings is 1. The van der Waals surface area contributed by atoms with Crippen LogP contribution in [0.2, 0.25) is 0 Å². The number of amides is 1. The SMILES string of the molecule is CC(=O)N1CCC(NS(=O)(=O)c2ccc(C)c3ncccc23)CC1. The highest BCUT2D eigenvalue weighted by atomic mass is 32.2. The first-order valence-corrected chi connectivity index (χ1v) is 9.49. The lowest BCUT2D eigenvalue weighted by atomic mass is 10.1. The van der Waals surface area contributed by atoms with Crippen LogP contribution in [0.25, 0.3) is 10.9 Å². The molecule has 0 atom stereocenters. The van der Waals surface area contributed by atoms with Gasteiger partial charge in [-0.1, -0.05) is 6.07 Å². The number of pyridine rings is 1. The number of hydrogen-bond acceptors (Lipinski definition) is 4. The summed E-state index contributed by atoms with van der Waals surface area (Å²) in [6.07, 6.45) is 2.92. The number of piperidine rings is 1. The van der Waals surface area contributed by atoms with E-state index in [4.69, 9.17) is 0 Å². The van der Waals surface area contributed by atoms with Gasteiger partial charge in [-0.05, 0) is 43.5 Å². The number of rotatable bonds is 3. The standard InChI is InChI=1S/C17H21N3O3S/c1-12-5-6-16(15-4-3-9-18-17(12)15)24(22,23)19-14-7-10-20(11-8-14)13(2)21/h3-6,9,14,19H,7-8,10-11H2,1-2H3. The van der Waals surface area contributed by atoms with Crippen molar-refractivity contribution >= 4 is 26.8 Å². The summed E-state index contributed by atoms with van der Waals surface area (Å²) in [4.78, 5) is 17.7. The quantitative estimate of drug-likeness (QED) is 0.919. The number of nitrogens with one attached hydrogen (secondary N) is 1. The van der Waals surface area contributed by atoms with Gasteiger partial charge in [-0.2, -0.15) is 0 Å². The molecule has 1 aromatic heterocycles. The van der Waals surface area contributed by atoms with Crippen molar-refractivity contribution in [1.82, 2.24) is 14.6 Å². The molecule has 1 saturated heterocycles. The van der Waals surface area contributed by atoms with E-state index < -0.39 is 10.0 Å². The Morgan fingerprint density at radius 1 is 1.25 bits per heavy atom. The van der Waals surface area contributed by atoms with Crippen molar-refractivity contribution < 1.29 is 13.2 Å². The molecule has 1 aliphatic rings. The van der Waals surface area contributed by atoms with Crippen LogP contribution >= 0.6 is 0 Å². The Bertz CT molecular complexity index is 872. The van der Waals surface area contributed by atoms with Crippen LogP contribution < -0.4 is 4.72 Å². The highest BCUT2D eigenvalue weighted by Crippen LogP contribution is 2.25. The van der Waals surface area contributed by atoms with Crippen molar-refractivity contribution in [2.45, 2.75) is 37.6 Å². The number of aromatic nitrogens is 1. The van der Waals surface area contributed by atoms with Gasteiger partial charge in [0.2, 0.25) is 15.9 Å². The molecule has 7 heteroatoms.